The summed E-state index contributed by atoms with van der Waals surface area (Å²) >= 11 is 0. The van der Waals surface area contributed by atoms with E-state index in [9.17, 15) is 5.11 Å². The van der Waals surface area contributed by atoms with Crippen molar-refractivity contribution in [3.8, 4) is 0 Å². The molecule has 0 radical (unpaired) electrons. The van der Waals surface area contributed by atoms with Gasteiger partial charge < -0.3 is 9.67 Å². The van der Waals surface area contributed by atoms with Crippen molar-refractivity contribution in [2.24, 2.45) is 0 Å². The van der Waals surface area contributed by atoms with Gasteiger partial charge in [-0.25, -0.2) is 0 Å². The van der Waals surface area contributed by atoms with Crippen LogP contribution < -0.4 is 0 Å². The highest BCUT2D eigenvalue weighted by Gasteiger charge is 2.16. The molecule has 3 aromatic carbocycles. The van der Waals surface area contributed by atoms with E-state index in [-0.39, 0.29) is 0 Å². The molecule has 0 amide bonds. The van der Waals surface area contributed by atoms with Gasteiger partial charge in [0.2, 0.25) is 0 Å². The average Bonchev–Trinajstić information content (AvgIpc) is 3.05. The molecule has 5 aromatic rings. The summed E-state index contributed by atoms with van der Waals surface area (Å²) in [4.78, 5) is 4.41. The molecule has 0 fully saturated rings. The molecule has 132 valence electrons. The number of nitrogens with zero attached hydrogens (tertiary/aromatic N) is 2. The third-order valence-corrected chi connectivity index (χ3v) is 5.40. The van der Waals surface area contributed by atoms with Crippen LogP contribution in [0.25, 0.3) is 32.7 Å². The fraction of sp³-hybridized carbons (Fsp3) is 0.125. The molecule has 3 nitrogen and oxygen atoms in total. The zero-order valence-electron chi connectivity index (χ0n) is 15.1. The zero-order chi connectivity index (χ0) is 18.4. The minimum Gasteiger partial charge on any atom is -0.384 e. The number of aliphatic hydroxyl groups excluding tert-OH is 1. The van der Waals surface area contributed by atoms with E-state index in [1.165, 1.54) is 21.8 Å². The van der Waals surface area contributed by atoms with Gasteiger partial charge in [0, 0.05) is 39.9 Å². The van der Waals surface area contributed by atoms with Crippen molar-refractivity contribution >= 4 is 32.7 Å². The molecule has 5 rings (SSSR count). The van der Waals surface area contributed by atoms with Crippen molar-refractivity contribution in [1.82, 2.24) is 9.55 Å². The summed E-state index contributed by atoms with van der Waals surface area (Å²) in [6.07, 6.45) is 1.09. The van der Waals surface area contributed by atoms with Crippen LogP contribution >= 0.6 is 0 Å². The van der Waals surface area contributed by atoms with Gasteiger partial charge in [-0.1, -0.05) is 42.5 Å². The lowest BCUT2D eigenvalue weighted by Crippen LogP contribution is -2.01. The normalized spacial score (nSPS) is 12.8. The van der Waals surface area contributed by atoms with Gasteiger partial charge in [-0.2, -0.15) is 0 Å². The Bertz CT molecular complexity index is 1280. The first-order chi connectivity index (χ1) is 13.3. The highest BCUT2D eigenvalue weighted by molar-refractivity contribution is 6.08. The third-order valence-electron chi connectivity index (χ3n) is 5.40. The lowest BCUT2D eigenvalue weighted by atomic mass is 9.96. The van der Waals surface area contributed by atoms with Gasteiger partial charge >= 0.3 is 0 Å². The Labute approximate surface area is 157 Å². The first kappa shape index (κ1) is 16.0. The summed E-state index contributed by atoms with van der Waals surface area (Å²) in [5.41, 5.74) is 5.12. The van der Waals surface area contributed by atoms with E-state index >= 15 is 0 Å². The number of rotatable bonds is 3. The summed E-state index contributed by atoms with van der Waals surface area (Å²) < 4.78 is 2.32. The highest BCUT2D eigenvalue weighted by Crippen LogP contribution is 2.34. The Hall–Kier alpha value is -3.17. The molecule has 2 aromatic heterocycles. The first-order valence-corrected chi connectivity index (χ1v) is 9.30. The molecule has 0 saturated carbocycles. The molecule has 0 aliphatic carbocycles. The maximum atomic E-state index is 11.2. The van der Waals surface area contributed by atoms with Crippen molar-refractivity contribution in [2.45, 2.75) is 19.6 Å². The van der Waals surface area contributed by atoms with Gasteiger partial charge in [-0.05, 0) is 48.4 Å². The number of fused-ring (bicyclic) bond motifs is 4. The van der Waals surface area contributed by atoms with Crippen LogP contribution in [0.3, 0.4) is 0 Å². The Kier molecular flexibility index (Phi) is 3.69. The van der Waals surface area contributed by atoms with Crippen molar-refractivity contribution in [2.75, 3.05) is 0 Å². The number of benzene rings is 3. The van der Waals surface area contributed by atoms with E-state index in [4.69, 9.17) is 0 Å². The molecule has 2 heterocycles. The molecule has 0 unspecified atom stereocenters. The minimum atomic E-state index is -0.689. The lowest BCUT2D eigenvalue weighted by Gasteiger charge is -2.14. The molecular weight excluding hydrogens is 332 g/mol. The predicted octanol–water partition coefficient (Wildman–Crippen LogP) is 5.44. The highest BCUT2D eigenvalue weighted by atomic mass is 16.3. The van der Waals surface area contributed by atoms with E-state index in [0.717, 1.165) is 28.6 Å². The molecule has 27 heavy (non-hydrogen) atoms. The molecule has 3 heteroatoms. The van der Waals surface area contributed by atoms with Gasteiger partial charge in [0.15, 0.2) is 0 Å². The number of para-hydroxylation sites is 1. The minimum absolute atomic E-state index is 0.689. The Balaban J connectivity index is 1.72. The number of aromatic nitrogens is 2. The Morgan fingerprint density at radius 3 is 2.56 bits per heavy atom. The van der Waals surface area contributed by atoms with E-state index in [1.807, 2.05) is 36.4 Å². The van der Waals surface area contributed by atoms with Gasteiger partial charge in [0.25, 0.3) is 0 Å². The van der Waals surface area contributed by atoms with Crippen LogP contribution in [0.2, 0.25) is 0 Å². The van der Waals surface area contributed by atoms with Crippen LogP contribution in [0, 0.1) is 0 Å². The molecule has 1 N–H and O–H groups in total. The van der Waals surface area contributed by atoms with Crippen LogP contribution in [-0.2, 0) is 6.54 Å². The second kappa shape index (κ2) is 6.22. The number of hydrogen-bond donors (Lipinski definition) is 1. The quantitative estimate of drug-likeness (QED) is 0.469. The zero-order valence-corrected chi connectivity index (χ0v) is 15.1. The van der Waals surface area contributed by atoms with Gasteiger partial charge in [-0.15, -0.1) is 0 Å². The van der Waals surface area contributed by atoms with E-state index < -0.39 is 6.10 Å². The Morgan fingerprint density at radius 1 is 0.852 bits per heavy atom. The third kappa shape index (κ3) is 2.43. The van der Waals surface area contributed by atoms with E-state index in [1.54, 1.807) is 6.20 Å². The summed E-state index contributed by atoms with van der Waals surface area (Å²) in [7, 11) is 0. The molecule has 0 spiro atoms. The maximum absolute atomic E-state index is 11.2. The van der Waals surface area contributed by atoms with Gasteiger partial charge in [0.05, 0.1) is 5.52 Å². The predicted molar refractivity (Wildman–Crippen MR) is 111 cm³/mol. The van der Waals surface area contributed by atoms with Crippen molar-refractivity contribution in [3.05, 3.63) is 90.1 Å². The monoisotopic (exact) mass is 352 g/mol. The summed E-state index contributed by atoms with van der Waals surface area (Å²) in [6.45, 7) is 3.08. The van der Waals surface area contributed by atoms with Gasteiger partial charge in [-0.3, -0.25) is 4.98 Å². The van der Waals surface area contributed by atoms with E-state index in [2.05, 4.69) is 52.9 Å². The SMILES string of the molecule is CCn1c2ccccc2c2cc([C@H](O)c3cccc4ncccc34)ccc21. The van der Waals surface area contributed by atoms with Crippen LogP contribution in [0.15, 0.2) is 79.0 Å². The van der Waals surface area contributed by atoms with Crippen LogP contribution in [0.1, 0.15) is 24.2 Å². The largest absolute Gasteiger partial charge is 0.384 e. The number of hydrogen-bond acceptors (Lipinski definition) is 2. The molecule has 0 saturated heterocycles. The van der Waals surface area contributed by atoms with E-state index in [0.29, 0.717) is 0 Å². The number of pyridine rings is 1. The molecule has 1 atom stereocenters. The first-order valence-electron chi connectivity index (χ1n) is 9.30. The van der Waals surface area contributed by atoms with Crippen molar-refractivity contribution in [1.29, 1.82) is 0 Å². The van der Waals surface area contributed by atoms with Crippen molar-refractivity contribution < 1.29 is 5.11 Å². The second-order valence-electron chi connectivity index (χ2n) is 6.86. The average molecular weight is 352 g/mol. The number of aliphatic hydroxyl groups is 1. The second-order valence-corrected chi connectivity index (χ2v) is 6.86. The summed E-state index contributed by atoms with van der Waals surface area (Å²) in [5.74, 6) is 0. The molecule has 0 bridgehead atoms. The van der Waals surface area contributed by atoms with Crippen LogP contribution in [-0.4, -0.2) is 14.7 Å². The maximum Gasteiger partial charge on any atom is 0.105 e. The molecule has 0 aliphatic heterocycles. The summed E-state index contributed by atoms with van der Waals surface area (Å²) in [6, 6.07) is 24.6. The fourth-order valence-electron chi connectivity index (χ4n) is 4.13. The van der Waals surface area contributed by atoms with Crippen LogP contribution in [0.5, 0.6) is 0 Å². The molecular formula is C24H20N2O. The lowest BCUT2D eigenvalue weighted by molar-refractivity contribution is 0.222. The smallest absolute Gasteiger partial charge is 0.105 e. The molecule has 0 aliphatic rings. The van der Waals surface area contributed by atoms with Gasteiger partial charge in [0.1, 0.15) is 6.10 Å². The standard InChI is InChI=1S/C24H20N2O/c1-2-26-22-11-4-3-7-18(22)20-15-16(12-13-23(20)26)24(27)19-8-5-10-21-17(19)9-6-14-25-21/h3-15,24,27H,2H2,1H3/t24-/m0/s1. The fourth-order valence-corrected chi connectivity index (χ4v) is 4.13. The van der Waals surface area contributed by atoms with Crippen LogP contribution in [0.4, 0.5) is 0 Å². The summed E-state index contributed by atoms with van der Waals surface area (Å²) in [5, 5.41) is 14.5. The Morgan fingerprint density at radius 2 is 1.67 bits per heavy atom. The topological polar surface area (TPSA) is 38.0 Å². The number of aryl methyl sites for hydroxylation is 1. The van der Waals surface area contributed by atoms with Crippen molar-refractivity contribution in [3.63, 3.8) is 0 Å².